The van der Waals surface area contributed by atoms with Gasteiger partial charge >= 0.3 is 0 Å². The van der Waals surface area contributed by atoms with E-state index in [1.54, 1.807) is 0 Å². The molecule has 0 heterocycles. The number of hydrogen-bond acceptors (Lipinski definition) is 1. The molecular weight excluding hydrogens is 184 g/mol. The predicted molar refractivity (Wildman–Crippen MR) is 65.4 cm³/mol. The molecule has 0 aromatic heterocycles. The molecule has 0 aliphatic rings. The van der Waals surface area contributed by atoms with Gasteiger partial charge in [-0.1, -0.05) is 38.8 Å². The van der Waals surface area contributed by atoms with Crippen LogP contribution >= 0.6 is 0 Å². The Morgan fingerprint density at radius 3 is 2.33 bits per heavy atom. The molecule has 0 radical (unpaired) electrons. The Balaban J connectivity index is 2.48. The summed E-state index contributed by atoms with van der Waals surface area (Å²) in [6.07, 6.45) is 3.77. The minimum atomic E-state index is 0.742. The van der Waals surface area contributed by atoms with Gasteiger partial charge in [0.25, 0.3) is 0 Å². The van der Waals surface area contributed by atoms with Gasteiger partial charge in [-0.05, 0) is 37.0 Å². The first-order chi connectivity index (χ1) is 7.26. The zero-order valence-corrected chi connectivity index (χ0v) is 10.1. The smallest absolute Gasteiger partial charge is 0.119 e. The van der Waals surface area contributed by atoms with Gasteiger partial charge in [-0.2, -0.15) is 0 Å². The summed E-state index contributed by atoms with van der Waals surface area (Å²) >= 11 is 0. The van der Waals surface area contributed by atoms with Crippen LogP contribution in [0.1, 0.15) is 39.2 Å². The first-order valence-corrected chi connectivity index (χ1v) is 5.98. The third-order valence-electron chi connectivity index (χ3n) is 2.60. The lowest BCUT2D eigenvalue weighted by molar-refractivity contribution is 0.340. The molecule has 0 aliphatic heterocycles. The van der Waals surface area contributed by atoms with Gasteiger partial charge in [0.05, 0.1) is 6.61 Å². The second kappa shape index (κ2) is 6.49. The molecule has 84 valence electrons. The van der Waals surface area contributed by atoms with E-state index < -0.39 is 0 Å². The highest BCUT2D eigenvalue weighted by molar-refractivity contribution is 5.27. The summed E-state index contributed by atoms with van der Waals surface area (Å²) in [5, 5.41) is 0. The highest BCUT2D eigenvalue weighted by Gasteiger charge is 2.02. The summed E-state index contributed by atoms with van der Waals surface area (Å²) in [6, 6.07) is 8.49. The Bertz CT molecular complexity index is 263. The number of benzene rings is 1. The first kappa shape index (κ1) is 12.1. The molecule has 1 aromatic carbocycles. The van der Waals surface area contributed by atoms with Gasteiger partial charge in [-0.25, -0.2) is 0 Å². The van der Waals surface area contributed by atoms with Crippen LogP contribution in [0.25, 0.3) is 0 Å². The molecule has 0 unspecified atom stereocenters. The van der Waals surface area contributed by atoms with E-state index in [0.717, 1.165) is 18.3 Å². The Labute approximate surface area is 93.5 Å². The van der Waals surface area contributed by atoms with E-state index in [2.05, 4.69) is 38.1 Å². The van der Waals surface area contributed by atoms with Gasteiger partial charge in [0.1, 0.15) is 5.75 Å². The molecule has 1 heteroatoms. The largest absolute Gasteiger partial charge is 0.494 e. The predicted octanol–water partition coefficient (Wildman–Crippen LogP) is 4.06. The van der Waals surface area contributed by atoms with E-state index in [-0.39, 0.29) is 0 Å². The number of ether oxygens (including phenoxy) is 1. The van der Waals surface area contributed by atoms with Crippen LogP contribution in [-0.4, -0.2) is 6.61 Å². The molecule has 0 saturated carbocycles. The van der Waals surface area contributed by atoms with Gasteiger partial charge in [0.15, 0.2) is 0 Å². The van der Waals surface area contributed by atoms with Crippen molar-refractivity contribution in [2.24, 2.45) is 5.92 Å². The zero-order chi connectivity index (χ0) is 11.1. The van der Waals surface area contributed by atoms with Crippen molar-refractivity contribution >= 4 is 0 Å². The summed E-state index contributed by atoms with van der Waals surface area (Å²) in [5.41, 5.74) is 1.42. The maximum Gasteiger partial charge on any atom is 0.119 e. The monoisotopic (exact) mass is 206 g/mol. The summed E-state index contributed by atoms with van der Waals surface area (Å²) in [4.78, 5) is 0. The lowest BCUT2D eigenvalue weighted by atomic mass is 9.97. The molecule has 1 aromatic rings. The fraction of sp³-hybridized carbons (Fsp3) is 0.571. The van der Waals surface area contributed by atoms with Crippen LogP contribution in [0.15, 0.2) is 24.3 Å². The van der Waals surface area contributed by atoms with Crippen molar-refractivity contribution in [1.29, 1.82) is 0 Å². The third kappa shape index (κ3) is 4.37. The Morgan fingerprint density at radius 1 is 1.13 bits per heavy atom. The fourth-order valence-electron chi connectivity index (χ4n) is 1.89. The standard InChI is InChI=1S/C14H22O/c1-4-6-12(3)11-13-7-9-14(10-8-13)15-5-2/h7-10,12H,4-6,11H2,1-3H3/t12-/m1/s1. The van der Waals surface area contributed by atoms with Crippen LogP contribution < -0.4 is 4.74 Å². The molecule has 0 saturated heterocycles. The summed E-state index contributed by atoms with van der Waals surface area (Å²) in [6.45, 7) is 7.32. The summed E-state index contributed by atoms with van der Waals surface area (Å²) in [5.74, 6) is 1.76. The van der Waals surface area contributed by atoms with Crippen molar-refractivity contribution in [1.82, 2.24) is 0 Å². The Morgan fingerprint density at radius 2 is 1.80 bits per heavy atom. The van der Waals surface area contributed by atoms with E-state index >= 15 is 0 Å². The maximum absolute atomic E-state index is 5.41. The van der Waals surface area contributed by atoms with Crippen LogP contribution in [0.2, 0.25) is 0 Å². The topological polar surface area (TPSA) is 9.23 Å². The van der Waals surface area contributed by atoms with E-state index in [1.807, 2.05) is 6.92 Å². The maximum atomic E-state index is 5.41. The van der Waals surface area contributed by atoms with Crippen molar-refractivity contribution < 1.29 is 4.74 Å². The molecule has 1 atom stereocenters. The first-order valence-electron chi connectivity index (χ1n) is 5.98. The molecule has 0 aliphatic carbocycles. The lowest BCUT2D eigenvalue weighted by Gasteiger charge is -2.10. The van der Waals surface area contributed by atoms with E-state index in [9.17, 15) is 0 Å². The van der Waals surface area contributed by atoms with Crippen molar-refractivity contribution in [2.75, 3.05) is 6.61 Å². The van der Waals surface area contributed by atoms with Crippen LogP contribution in [0.4, 0.5) is 0 Å². The average molecular weight is 206 g/mol. The fourth-order valence-corrected chi connectivity index (χ4v) is 1.89. The van der Waals surface area contributed by atoms with Crippen molar-refractivity contribution in [3.05, 3.63) is 29.8 Å². The van der Waals surface area contributed by atoms with Gasteiger partial charge < -0.3 is 4.74 Å². The molecule has 0 N–H and O–H groups in total. The number of hydrogen-bond donors (Lipinski definition) is 0. The van der Waals surface area contributed by atoms with Crippen molar-refractivity contribution in [2.45, 2.75) is 40.0 Å². The van der Waals surface area contributed by atoms with E-state index in [4.69, 9.17) is 4.74 Å². The van der Waals surface area contributed by atoms with Crippen molar-refractivity contribution in [3.63, 3.8) is 0 Å². The zero-order valence-electron chi connectivity index (χ0n) is 10.1. The van der Waals surface area contributed by atoms with Gasteiger partial charge in [0.2, 0.25) is 0 Å². The van der Waals surface area contributed by atoms with Crippen LogP contribution in [0.5, 0.6) is 5.75 Å². The third-order valence-corrected chi connectivity index (χ3v) is 2.60. The van der Waals surface area contributed by atoms with Crippen LogP contribution in [0, 0.1) is 5.92 Å². The summed E-state index contributed by atoms with van der Waals surface area (Å²) < 4.78 is 5.41. The number of rotatable bonds is 6. The highest BCUT2D eigenvalue weighted by Crippen LogP contribution is 2.17. The van der Waals surface area contributed by atoms with Crippen LogP contribution in [-0.2, 0) is 6.42 Å². The van der Waals surface area contributed by atoms with Crippen LogP contribution in [0.3, 0.4) is 0 Å². The molecule has 15 heavy (non-hydrogen) atoms. The molecule has 0 bridgehead atoms. The highest BCUT2D eigenvalue weighted by atomic mass is 16.5. The molecular formula is C14H22O. The van der Waals surface area contributed by atoms with Gasteiger partial charge in [-0.15, -0.1) is 0 Å². The molecule has 0 spiro atoms. The van der Waals surface area contributed by atoms with E-state index in [0.29, 0.717) is 0 Å². The minimum absolute atomic E-state index is 0.742. The lowest BCUT2D eigenvalue weighted by Crippen LogP contribution is -1.99. The summed E-state index contributed by atoms with van der Waals surface area (Å²) in [7, 11) is 0. The Kier molecular flexibility index (Phi) is 5.23. The second-order valence-electron chi connectivity index (χ2n) is 4.17. The normalized spacial score (nSPS) is 12.5. The Hall–Kier alpha value is -0.980. The quantitative estimate of drug-likeness (QED) is 0.682. The molecule has 1 nitrogen and oxygen atoms in total. The van der Waals surface area contributed by atoms with E-state index in [1.165, 1.54) is 24.8 Å². The molecule has 0 amide bonds. The van der Waals surface area contributed by atoms with Crippen molar-refractivity contribution in [3.8, 4) is 5.75 Å². The minimum Gasteiger partial charge on any atom is -0.494 e. The average Bonchev–Trinajstić information content (AvgIpc) is 2.22. The second-order valence-corrected chi connectivity index (χ2v) is 4.17. The SMILES string of the molecule is CCC[C@@H](C)Cc1ccc(OCC)cc1. The molecule has 1 rings (SSSR count). The molecule has 0 fully saturated rings. The van der Waals surface area contributed by atoms with Gasteiger partial charge in [0, 0.05) is 0 Å². The van der Waals surface area contributed by atoms with Gasteiger partial charge in [-0.3, -0.25) is 0 Å².